The molecule has 0 bridgehead atoms. The summed E-state index contributed by atoms with van der Waals surface area (Å²) < 4.78 is 5.80. The van der Waals surface area contributed by atoms with Crippen molar-refractivity contribution in [2.75, 3.05) is 0 Å². The molecule has 0 radical (unpaired) electrons. The molecule has 0 spiro atoms. The van der Waals surface area contributed by atoms with Crippen molar-refractivity contribution >= 4 is 10.9 Å². The molecule has 18 heavy (non-hydrogen) atoms. The molecule has 0 amide bonds. The molecule has 0 saturated heterocycles. The Bertz CT molecular complexity index is 655. The standard InChI is InChI=1S/C16H15NO/c1-12-9-14-10-15(7-8-16(14)17-12)18-11-13-5-3-2-4-6-13/h2-10,17H,11H2,1H3. The third-order valence-corrected chi connectivity index (χ3v) is 2.98. The fourth-order valence-corrected chi connectivity index (χ4v) is 2.09. The SMILES string of the molecule is Cc1cc2cc(OCc3ccccc3)ccc2[nH]1. The Kier molecular flexibility index (Phi) is 2.77. The molecule has 0 saturated carbocycles. The van der Waals surface area contributed by atoms with Gasteiger partial charge >= 0.3 is 0 Å². The van der Waals surface area contributed by atoms with E-state index in [1.54, 1.807) is 0 Å². The highest BCUT2D eigenvalue weighted by molar-refractivity contribution is 5.81. The number of ether oxygens (including phenoxy) is 1. The van der Waals surface area contributed by atoms with Gasteiger partial charge in [0, 0.05) is 16.6 Å². The lowest BCUT2D eigenvalue weighted by Crippen LogP contribution is -1.94. The van der Waals surface area contributed by atoms with Gasteiger partial charge in [-0.25, -0.2) is 0 Å². The molecule has 0 aliphatic carbocycles. The first-order chi connectivity index (χ1) is 8.81. The maximum Gasteiger partial charge on any atom is 0.120 e. The summed E-state index contributed by atoms with van der Waals surface area (Å²) in [6.45, 7) is 2.67. The normalized spacial score (nSPS) is 10.7. The number of hydrogen-bond acceptors (Lipinski definition) is 1. The number of nitrogens with one attached hydrogen (secondary N) is 1. The number of H-pyrrole nitrogens is 1. The molecule has 2 nitrogen and oxygen atoms in total. The quantitative estimate of drug-likeness (QED) is 0.730. The van der Waals surface area contributed by atoms with Crippen LogP contribution in [-0.4, -0.2) is 4.98 Å². The summed E-state index contributed by atoms with van der Waals surface area (Å²) in [4.78, 5) is 3.30. The number of aryl methyl sites for hydroxylation is 1. The summed E-state index contributed by atoms with van der Waals surface area (Å²) in [5, 5.41) is 1.19. The van der Waals surface area contributed by atoms with Crippen LogP contribution in [0, 0.1) is 6.92 Å². The van der Waals surface area contributed by atoms with E-state index < -0.39 is 0 Å². The van der Waals surface area contributed by atoms with Gasteiger partial charge in [-0.1, -0.05) is 30.3 Å². The molecule has 1 aromatic heterocycles. The molecule has 0 atom stereocenters. The van der Waals surface area contributed by atoms with Crippen molar-refractivity contribution in [3.63, 3.8) is 0 Å². The van der Waals surface area contributed by atoms with E-state index in [0.717, 1.165) is 11.3 Å². The largest absolute Gasteiger partial charge is 0.489 e. The van der Waals surface area contributed by atoms with Gasteiger partial charge in [0.2, 0.25) is 0 Å². The van der Waals surface area contributed by atoms with Crippen LogP contribution < -0.4 is 4.74 Å². The summed E-state index contributed by atoms with van der Waals surface area (Å²) >= 11 is 0. The number of rotatable bonds is 3. The maximum absolute atomic E-state index is 5.80. The monoisotopic (exact) mass is 237 g/mol. The summed E-state index contributed by atoms with van der Waals surface area (Å²) in [6.07, 6.45) is 0. The molecular weight excluding hydrogens is 222 g/mol. The lowest BCUT2D eigenvalue weighted by molar-refractivity contribution is 0.306. The van der Waals surface area contributed by atoms with Gasteiger partial charge < -0.3 is 9.72 Å². The van der Waals surface area contributed by atoms with Crippen molar-refractivity contribution in [3.8, 4) is 5.75 Å². The first-order valence-electron chi connectivity index (χ1n) is 6.07. The van der Waals surface area contributed by atoms with E-state index in [2.05, 4.69) is 42.2 Å². The van der Waals surface area contributed by atoms with E-state index in [9.17, 15) is 0 Å². The molecule has 90 valence electrons. The van der Waals surface area contributed by atoms with Gasteiger partial charge in [0.1, 0.15) is 12.4 Å². The Morgan fingerprint density at radius 1 is 1.00 bits per heavy atom. The van der Waals surface area contributed by atoms with Crippen LogP contribution in [0.15, 0.2) is 54.6 Å². The number of aromatic amines is 1. The Morgan fingerprint density at radius 2 is 1.83 bits per heavy atom. The van der Waals surface area contributed by atoms with Crippen LogP contribution >= 0.6 is 0 Å². The van der Waals surface area contributed by atoms with Gasteiger partial charge in [-0.15, -0.1) is 0 Å². The highest BCUT2D eigenvalue weighted by atomic mass is 16.5. The zero-order valence-corrected chi connectivity index (χ0v) is 10.3. The first kappa shape index (κ1) is 10.9. The van der Waals surface area contributed by atoms with E-state index in [-0.39, 0.29) is 0 Å². The van der Waals surface area contributed by atoms with E-state index in [1.165, 1.54) is 16.6 Å². The van der Waals surface area contributed by atoms with Gasteiger partial charge in [-0.05, 0) is 36.8 Å². The third kappa shape index (κ3) is 2.23. The molecule has 3 aromatic rings. The van der Waals surface area contributed by atoms with Crippen LogP contribution in [0.1, 0.15) is 11.3 Å². The van der Waals surface area contributed by atoms with Crippen molar-refractivity contribution in [1.29, 1.82) is 0 Å². The Hall–Kier alpha value is -2.22. The number of benzene rings is 2. The topological polar surface area (TPSA) is 25.0 Å². The summed E-state index contributed by atoms with van der Waals surface area (Å²) in [7, 11) is 0. The van der Waals surface area contributed by atoms with E-state index in [1.807, 2.05) is 24.3 Å². The molecular formula is C16H15NO. The molecule has 3 rings (SSSR count). The van der Waals surface area contributed by atoms with Gasteiger partial charge in [0.25, 0.3) is 0 Å². The van der Waals surface area contributed by atoms with E-state index in [4.69, 9.17) is 4.74 Å². The minimum absolute atomic E-state index is 0.607. The van der Waals surface area contributed by atoms with E-state index in [0.29, 0.717) is 6.61 Å². The molecule has 0 unspecified atom stereocenters. The highest BCUT2D eigenvalue weighted by Gasteiger charge is 2.00. The van der Waals surface area contributed by atoms with Gasteiger partial charge in [0.15, 0.2) is 0 Å². The smallest absolute Gasteiger partial charge is 0.120 e. The van der Waals surface area contributed by atoms with Crippen LogP contribution in [0.2, 0.25) is 0 Å². The predicted molar refractivity (Wildman–Crippen MR) is 73.8 cm³/mol. The molecule has 1 heterocycles. The minimum atomic E-state index is 0.607. The van der Waals surface area contributed by atoms with Crippen LogP contribution in [-0.2, 0) is 6.61 Å². The van der Waals surface area contributed by atoms with Crippen molar-refractivity contribution in [2.24, 2.45) is 0 Å². The molecule has 0 aliphatic heterocycles. The van der Waals surface area contributed by atoms with Gasteiger partial charge in [0.05, 0.1) is 0 Å². The van der Waals surface area contributed by atoms with Crippen molar-refractivity contribution < 1.29 is 4.74 Å². The first-order valence-corrected chi connectivity index (χ1v) is 6.07. The second-order valence-electron chi connectivity index (χ2n) is 4.48. The lowest BCUT2D eigenvalue weighted by atomic mass is 10.2. The zero-order valence-electron chi connectivity index (χ0n) is 10.3. The molecule has 0 aliphatic rings. The molecule has 2 heteroatoms. The number of hydrogen-bond donors (Lipinski definition) is 1. The summed E-state index contributed by atoms with van der Waals surface area (Å²) in [5.41, 5.74) is 3.51. The van der Waals surface area contributed by atoms with Crippen LogP contribution in [0.3, 0.4) is 0 Å². The molecule has 2 aromatic carbocycles. The second-order valence-corrected chi connectivity index (χ2v) is 4.48. The van der Waals surface area contributed by atoms with Crippen molar-refractivity contribution in [2.45, 2.75) is 13.5 Å². The van der Waals surface area contributed by atoms with Gasteiger partial charge in [-0.3, -0.25) is 0 Å². The molecule has 1 N–H and O–H groups in total. The van der Waals surface area contributed by atoms with Crippen LogP contribution in [0.5, 0.6) is 5.75 Å². The van der Waals surface area contributed by atoms with Crippen molar-refractivity contribution in [3.05, 3.63) is 65.9 Å². The van der Waals surface area contributed by atoms with Crippen molar-refractivity contribution in [1.82, 2.24) is 4.98 Å². The van der Waals surface area contributed by atoms with Crippen LogP contribution in [0.25, 0.3) is 10.9 Å². The Balaban J connectivity index is 1.78. The summed E-state index contributed by atoms with van der Waals surface area (Å²) in [6, 6.07) is 18.5. The van der Waals surface area contributed by atoms with Crippen LogP contribution in [0.4, 0.5) is 0 Å². The minimum Gasteiger partial charge on any atom is -0.489 e. The maximum atomic E-state index is 5.80. The zero-order chi connectivity index (χ0) is 12.4. The van der Waals surface area contributed by atoms with Gasteiger partial charge in [-0.2, -0.15) is 0 Å². The average Bonchev–Trinajstić information content (AvgIpc) is 2.77. The number of aromatic nitrogens is 1. The third-order valence-electron chi connectivity index (χ3n) is 2.98. The number of fused-ring (bicyclic) bond motifs is 1. The second kappa shape index (κ2) is 4.57. The molecule has 0 fully saturated rings. The predicted octanol–water partition coefficient (Wildman–Crippen LogP) is 4.06. The fourth-order valence-electron chi connectivity index (χ4n) is 2.09. The highest BCUT2D eigenvalue weighted by Crippen LogP contribution is 2.22. The average molecular weight is 237 g/mol. The van der Waals surface area contributed by atoms with E-state index >= 15 is 0 Å². The Morgan fingerprint density at radius 3 is 2.67 bits per heavy atom. The summed E-state index contributed by atoms with van der Waals surface area (Å²) in [5.74, 6) is 0.908. The Labute approximate surface area is 106 Å². The fraction of sp³-hybridized carbons (Fsp3) is 0.125. The lowest BCUT2D eigenvalue weighted by Gasteiger charge is -2.06.